The van der Waals surface area contributed by atoms with Crippen molar-refractivity contribution in [2.45, 2.75) is 26.3 Å². The Morgan fingerprint density at radius 2 is 1.68 bits per heavy atom. The number of rotatable bonds is 8. The van der Waals surface area contributed by atoms with Crippen molar-refractivity contribution in [3.05, 3.63) is 71.5 Å². The molecule has 0 unspecified atom stereocenters. The fraction of sp³-hybridized carbons (Fsp3) is 0.300. The molecule has 0 atom stereocenters. The summed E-state index contributed by atoms with van der Waals surface area (Å²) in [6, 6.07) is 15.8. The SMILES string of the molecule is CCN(CC(=O)NCc1ccc(F)cc1)C(=O)CCc1ccccc1. The lowest BCUT2D eigenvalue weighted by molar-refractivity contribution is -0.135. The first-order valence-corrected chi connectivity index (χ1v) is 8.41. The Bertz CT molecular complexity index is 687. The Labute approximate surface area is 147 Å². The summed E-state index contributed by atoms with van der Waals surface area (Å²) in [6.45, 7) is 2.69. The first-order chi connectivity index (χ1) is 12.1. The molecule has 1 N–H and O–H groups in total. The van der Waals surface area contributed by atoms with Gasteiger partial charge in [0.1, 0.15) is 5.82 Å². The number of hydrogen-bond donors (Lipinski definition) is 1. The largest absolute Gasteiger partial charge is 0.350 e. The first kappa shape index (κ1) is 18.6. The third kappa shape index (κ3) is 6.37. The average molecular weight is 342 g/mol. The molecule has 0 aliphatic rings. The van der Waals surface area contributed by atoms with E-state index in [1.807, 2.05) is 37.3 Å². The Kier molecular flexibility index (Phi) is 7.14. The second-order valence-electron chi connectivity index (χ2n) is 5.80. The normalized spacial score (nSPS) is 10.3. The van der Waals surface area contributed by atoms with Gasteiger partial charge in [0.15, 0.2) is 0 Å². The molecular formula is C20H23FN2O2. The number of aryl methyl sites for hydroxylation is 1. The van der Waals surface area contributed by atoms with Gasteiger partial charge >= 0.3 is 0 Å². The van der Waals surface area contributed by atoms with E-state index < -0.39 is 0 Å². The summed E-state index contributed by atoms with van der Waals surface area (Å²) in [5, 5.41) is 2.76. The molecule has 0 bridgehead atoms. The summed E-state index contributed by atoms with van der Waals surface area (Å²) < 4.78 is 12.9. The van der Waals surface area contributed by atoms with E-state index in [1.54, 1.807) is 17.0 Å². The zero-order valence-corrected chi connectivity index (χ0v) is 14.4. The van der Waals surface area contributed by atoms with E-state index in [-0.39, 0.29) is 24.2 Å². The summed E-state index contributed by atoms with van der Waals surface area (Å²) in [5.41, 5.74) is 1.92. The molecule has 0 radical (unpaired) electrons. The van der Waals surface area contributed by atoms with Gasteiger partial charge in [-0.1, -0.05) is 42.5 Å². The van der Waals surface area contributed by atoms with E-state index in [4.69, 9.17) is 0 Å². The quantitative estimate of drug-likeness (QED) is 0.802. The van der Waals surface area contributed by atoms with E-state index in [0.29, 0.717) is 25.9 Å². The van der Waals surface area contributed by atoms with Crippen molar-refractivity contribution >= 4 is 11.8 Å². The Morgan fingerprint density at radius 1 is 1.00 bits per heavy atom. The van der Waals surface area contributed by atoms with Crippen molar-refractivity contribution in [3.8, 4) is 0 Å². The summed E-state index contributed by atoms with van der Waals surface area (Å²) in [4.78, 5) is 25.9. The van der Waals surface area contributed by atoms with Gasteiger partial charge in [0.05, 0.1) is 6.54 Å². The molecular weight excluding hydrogens is 319 g/mol. The highest BCUT2D eigenvalue weighted by Gasteiger charge is 2.15. The lowest BCUT2D eigenvalue weighted by atomic mass is 10.1. The number of nitrogens with zero attached hydrogens (tertiary/aromatic N) is 1. The number of carbonyl (C=O) groups excluding carboxylic acids is 2. The second-order valence-corrected chi connectivity index (χ2v) is 5.80. The molecule has 0 saturated heterocycles. The van der Waals surface area contributed by atoms with Crippen LogP contribution in [0.1, 0.15) is 24.5 Å². The van der Waals surface area contributed by atoms with Gasteiger partial charge in [-0.15, -0.1) is 0 Å². The lowest BCUT2D eigenvalue weighted by Crippen LogP contribution is -2.40. The van der Waals surface area contributed by atoms with Crippen LogP contribution in [0.4, 0.5) is 4.39 Å². The molecule has 0 heterocycles. The predicted molar refractivity (Wildman–Crippen MR) is 95.3 cm³/mol. The van der Waals surface area contributed by atoms with Crippen molar-refractivity contribution in [1.82, 2.24) is 10.2 Å². The predicted octanol–water partition coefficient (Wildman–Crippen LogP) is 2.92. The number of benzene rings is 2. The van der Waals surface area contributed by atoms with Gasteiger partial charge in [-0.25, -0.2) is 4.39 Å². The molecule has 0 aromatic heterocycles. The van der Waals surface area contributed by atoms with Crippen molar-refractivity contribution in [1.29, 1.82) is 0 Å². The van der Waals surface area contributed by atoms with Crippen molar-refractivity contribution in [3.63, 3.8) is 0 Å². The molecule has 2 aromatic carbocycles. The number of amides is 2. The monoisotopic (exact) mass is 342 g/mol. The van der Waals surface area contributed by atoms with E-state index >= 15 is 0 Å². The summed E-state index contributed by atoms with van der Waals surface area (Å²) in [7, 11) is 0. The van der Waals surface area contributed by atoms with Crippen LogP contribution in [-0.4, -0.2) is 29.8 Å². The van der Waals surface area contributed by atoms with Gasteiger partial charge in [-0.05, 0) is 36.6 Å². The average Bonchev–Trinajstić information content (AvgIpc) is 2.64. The number of carbonyl (C=O) groups is 2. The summed E-state index contributed by atoms with van der Waals surface area (Å²) in [6.07, 6.45) is 1.04. The van der Waals surface area contributed by atoms with Gasteiger partial charge in [-0.2, -0.15) is 0 Å². The van der Waals surface area contributed by atoms with Crippen LogP contribution in [0.15, 0.2) is 54.6 Å². The number of hydrogen-bond acceptors (Lipinski definition) is 2. The number of nitrogens with one attached hydrogen (secondary N) is 1. The second kappa shape index (κ2) is 9.57. The zero-order valence-electron chi connectivity index (χ0n) is 14.4. The Balaban J connectivity index is 1.78. The highest BCUT2D eigenvalue weighted by Crippen LogP contribution is 2.05. The molecule has 4 nitrogen and oxygen atoms in total. The van der Waals surface area contributed by atoms with E-state index in [9.17, 15) is 14.0 Å². The third-order valence-corrected chi connectivity index (χ3v) is 3.94. The van der Waals surface area contributed by atoms with Crippen LogP contribution in [0.5, 0.6) is 0 Å². The first-order valence-electron chi connectivity index (χ1n) is 8.41. The summed E-state index contributed by atoms with van der Waals surface area (Å²) >= 11 is 0. The van der Waals surface area contributed by atoms with Crippen molar-refractivity contribution in [2.75, 3.05) is 13.1 Å². The molecule has 25 heavy (non-hydrogen) atoms. The van der Waals surface area contributed by atoms with Gasteiger partial charge in [0.2, 0.25) is 11.8 Å². The van der Waals surface area contributed by atoms with Gasteiger partial charge in [0.25, 0.3) is 0 Å². The lowest BCUT2D eigenvalue weighted by Gasteiger charge is -2.20. The molecule has 0 aliphatic carbocycles. The van der Waals surface area contributed by atoms with Crippen LogP contribution in [0, 0.1) is 5.82 Å². The van der Waals surface area contributed by atoms with Crippen LogP contribution < -0.4 is 5.32 Å². The molecule has 2 amide bonds. The van der Waals surface area contributed by atoms with E-state index in [2.05, 4.69) is 5.32 Å². The van der Waals surface area contributed by atoms with Gasteiger partial charge in [0, 0.05) is 19.5 Å². The molecule has 5 heteroatoms. The Hall–Kier alpha value is -2.69. The van der Waals surface area contributed by atoms with Crippen LogP contribution in [0.2, 0.25) is 0 Å². The maximum absolute atomic E-state index is 12.9. The highest BCUT2D eigenvalue weighted by molar-refractivity contribution is 5.84. The molecule has 2 aromatic rings. The van der Waals surface area contributed by atoms with E-state index in [1.165, 1.54) is 12.1 Å². The maximum Gasteiger partial charge on any atom is 0.239 e. The summed E-state index contributed by atoms with van der Waals surface area (Å²) in [5.74, 6) is -0.571. The molecule has 0 saturated carbocycles. The molecule has 0 aliphatic heterocycles. The van der Waals surface area contributed by atoms with Crippen LogP contribution in [0.3, 0.4) is 0 Å². The smallest absolute Gasteiger partial charge is 0.239 e. The molecule has 0 fully saturated rings. The highest BCUT2D eigenvalue weighted by atomic mass is 19.1. The Morgan fingerprint density at radius 3 is 2.32 bits per heavy atom. The van der Waals surface area contributed by atoms with Crippen molar-refractivity contribution < 1.29 is 14.0 Å². The van der Waals surface area contributed by atoms with Crippen LogP contribution >= 0.6 is 0 Å². The minimum atomic E-state index is -0.309. The molecule has 2 rings (SSSR count). The minimum absolute atomic E-state index is 0.0331. The number of likely N-dealkylation sites (N-methyl/N-ethyl adjacent to an activating group) is 1. The minimum Gasteiger partial charge on any atom is -0.350 e. The number of halogens is 1. The molecule has 132 valence electrons. The van der Waals surface area contributed by atoms with Crippen LogP contribution in [-0.2, 0) is 22.6 Å². The molecule has 0 spiro atoms. The fourth-order valence-electron chi connectivity index (χ4n) is 2.46. The topological polar surface area (TPSA) is 49.4 Å². The van der Waals surface area contributed by atoms with Gasteiger partial charge < -0.3 is 10.2 Å². The third-order valence-electron chi connectivity index (χ3n) is 3.94. The van der Waals surface area contributed by atoms with Crippen molar-refractivity contribution in [2.24, 2.45) is 0 Å². The van der Waals surface area contributed by atoms with Crippen LogP contribution in [0.25, 0.3) is 0 Å². The zero-order chi connectivity index (χ0) is 18.1. The standard InChI is InChI=1S/C20H23FN2O2/c1-2-23(20(25)13-10-16-6-4-3-5-7-16)15-19(24)22-14-17-8-11-18(21)12-9-17/h3-9,11-12H,2,10,13-15H2,1H3,(H,22,24). The fourth-order valence-corrected chi connectivity index (χ4v) is 2.46. The van der Waals surface area contributed by atoms with Gasteiger partial charge in [-0.3, -0.25) is 9.59 Å². The maximum atomic E-state index is 12.9. The van der Waals surface area contributed by atoms with E-state index in [0.717, 1.165) is 11.1 Å².